The van der Waals surface area contributed by atoms with Crippen LogP contribution in [-0.2, 0) is 22.4 Å². The number of ether oxygens (including phenoxy) is 1. The van der Waals surface area contributed by atoms with Gasteiger partial charge in [-0.05, 0) is 24.0 Å². The molecular weight excluding hydrogens is 260 g/mol. The van der Waals surface area contributed by atoms with Crippen molar-refractivity contribution in [2.45, 2.75) is 76.7 Å². The van der Waals surface area contributed by atoms with E-state index in [4.69, 9.17) is 4.74 Å². The minimum absolute atomic E-state index is 0.269. The van der Waals surface area contributed by atoms with E-state index >= 15 is 0 Å². The maximum absolute atomic E-state index is 10.9. The predicted octanol–water partition coefficient (Wildman–Crippen LogP) is 4.84. The normalized spacial score (nSPS) is 15.7. The van der Waals surface area contributed by atoms with Crippen molar-refractivity contribution in [3.05, 3.63) is 35.4 Å². The largest absolute Gasteiger partial charge is 0.461 e. The lowest BCUT2D eigenvalue weighted by Gasteiger charge is -2.27. The van der Waals surface area contributed by atoms with Crippen LogP contribution in [0.15, 0.2) is 24.3 Å². The van der Waals surface area contributed by atoms with Crippen molar-refractivity contribution in [3.8, 4) is 0 Å². The highest BCUT2D eigenvalue weighted by atomic mass is 16.5. The van der Waals surface area contributed by atoms with E-state index in [1.807, 2.05) is 0 Å². The van der Waals surface area contributed by atoms with Gasteiger partial charge in [-0.1, -0.05) is 69.7 Å². The molecule has 0 aromatic heterocycles. The Labute approximate surface area is 128 Å². The summed E-state index contributed by atoms with van der Waals surface area (Å²) >= 11 is 0. The van der Waals surface area contributed by atoms with Gasteiger partial charge >= 0.3 is 0 Å². The summed E-state index contributed by atoms with van der Waals surface area (Å²) in [5.74, 6) is 0. The van der Waals surface area contributed by atoms with Crippen molar-refractivity contribution < 1.29 is 9.53 Å². The topological polar surface area (TPSA) is 26.3 Å². The van der Waals surface area contributed by atoms with Crippen molar-refractivity contribution >= 4 is 6.47 Å². The van der Waals surface area contributed by atoms with Crippen molar-refractivity contribution in [1.29, 1.82) is 0 Å². The molecule has 0 N–H and O–H groups in total. The first-order valence-corrected chi connectivity index (χ1v) is 8.48. The third-order valence-electron chi connectivity index (χ3n) is 4.68. The summed E-state index contributed by atoms with van der Waals surface area (Å²) in [7, 11) is 0. The minimum atomic E-state index is -0.269. The zero-order valence-corrected chi connectivity index (χ0v) is 13.3. The third kappa shape index (κ3) is 4.59. The molecule has 0 aliphatic heterocycles. The number of benzene rings is 1. The quantitative estimate of drug-likeness (QED) is 0.455. The van der Waals surface area contributed by atoms with Crippen LogP contribution in [0.2, 0.25) is 0 Å². The molecule has 2 heteroatoms. The van der Waals surface area contributed by atoms with Gasteiger partial charge in [0.25, 0.3) is 6.47 Å². The van der Waals surface area contributed by atoms with Crippen molar-refractivity contribution in [1.82, 2.24) is 0 Å². The van der Waals surface area contributed by atoms with Crippen LogP contribution >= 0.6 is 0 Å². The van der Waals surface area contributed by atoms with Crippen LogP contribution < -0.4 is 0 Å². The van der Waals surface area contributed by atoms with Crippen molar-refractivity contribution in [3.63, 3.8) is 0 Å². The summed E-state index contributed by atoms with van der Waals surface area (Å²) in [6.45, 7) is 2.89. The van der Waals surface area contributed by atoms with Gasteiger partial charge in [0.15, 0.2) is 0 Å². The smallest absolute Gasteiger partial charge is 0.293 e. The summed E-state index contributed by atoms with van der Waals surface area (Å²) in [4.78, 5) is 10.9. The fraction of sp³-hybridized carbons (Fsp3) is 0.632. The lowest BCUT2D eigenvalue weighted by Crippen LogP contribution is -2.33. The van der Waals surface area contributed by atoms with E-state index in [0.29, 0.717) is 6.47 Å². The van der Waals surface area contributed by atoms with Gasteiger partial charge in [-0.2, -0.15) is 0 Å². The van der Waals surface area contributed by atoms with Gasteiger partial charge in [-0.3, -0.25) is 4.79 Å². The van der Waals surface area contributed by atoms with Gasteiger partial charge in [0.05, 0.1) is 0 Å². The Morgan fingerprint density at radius 3 is 2.14 bits per heavy atom. The Hall–Kier alpha value is -1.31. The number of carbonyl (C=O) groups is 1. The first-order chi connectivity index (χ1) is 10.3. The molecule has 1 aromatic carbocycles. The lowest BCUT2D eigenvalue weighted by molar-refractivity contribution is -0.143. The maximum Gasteiger partial charge on any atom is 0.293 e. The molecule has 2 nitrogen and oxygen atoms in total. The van der Waals surface area contributed by atoms with E-state index in [1.54, 1.807) is 0 Å². The number of hydrogen-bond donors (Lipinski definition) is 0. The fourth-order valence-corrected chi connectivity index (χ4v) is 3.48. The van der Waals surface area contributed by atoms with Gasteiger partial charge in [0.1, 0.15) is 5.60 Å². The lowest BCUT2D eigenvalue weighted by atomic mass is 9.92. The van der Waals surface area contributed by atoms with Crippen LogP contribution in [0.4, 0.5) is 0 Å². The van der Waals surface area contributed by atoms with Crippen molar-refractivity contribution in [2.75, 3.05) is 0 Å². The molecule has 1 aliphatic carbocycles. The molecule has 0 spiro atoms. The molecule has 0 bridgehead atoms. The molecule has 21 heavy (non-hydrogen) atoms. The summed E-state index contributed by atoms with van der Waals surface area (Å²) in [5.41, 5.74) is 2.43. The molecule has 0 atom stereocenters. The standard InChI is InChI=1S/C19H28O2/c1-2-3-4-5-6-7-10-13-19(21-16-20)14-17-11-8-9-12-18(17)15-19/h8-9,11-12,16H,2-7,10,13-15H2,1H3. The van der Waals surface area contributed by atoms with Gasteiger partial charge in [-0.15, -0.1) is 0 Å². The monoisotopic (exact) mass is 288 g/mol. The summed E-state index contributed by atoms with van der Waals surface area (Å²) in [6, 6.07) is 8.47. The third-order valence-corrected chi connectivity index (χ3v) is 4.68. The second kappa shape index (κ2) is 8.21. The van der Waals surface area contributed by atoms with Crippen LogP contribution in [0.5, 0.6) is 0 Å². The van der Waals surface area contributed by atoms with Crippen LogP contribution in [0.25, 0.3) is 0 Å². The van der Waals surface area contributed by atoms with Gasteiger partial charge in [0, 0.05) is 12.8 Å². The summed E-state index contributed by atoms with van der Waals surface area (Å²) < 4.78 is 5.54. The number of carbonyl (C=O) groups excluding carboxylic acids is 1. The number of fused-ring (bicyclic) bond motifs is 1. The average molecular weight is 288 g/mol. The molecule has 0 saturated heterocycles. The van der Waals surface area contributed by atoms with E-state index in [9.17, 15) is 4.79 Å². The Bertz CT molecular complexity index is 414. The van der Waals surface area contributed by atoms with E-state index in [-0.39, 0.29) is 5.60 Å². The Kier molecular flexibility index (Phi) is 6.28. The fourth-order valence-electron chi connectivity index (χ4n) is 3.48. The molecule has 0 saturated carbocycles. The van der Waals surface area contributed by atoms with Gasteiger partial charge in [-0.25, -0.2) is 0 Å². The number of unbranched alkanes of at least 4 members (excludes halogenated alkanes) is 6. The highest BCUT2D eigenvalue weighted by molar-refractivity contribution is 5.42. The average Bonchev–Trinajstić information content (AvgIpc) is 2.85. The van der Waals surface area contributed by atoms with E-state index in [2.05, 4.69) is 31.2 Å². The highest BCUT2D eigenvalue weighted by Crippen LogP contribution is 2.36. The number of rotatable bonds is 10. The highest BCUT2D eigenvalue weighted by Gasteiger charge is 2.38. The molecule has 0 amide bonds. The number of hydrogen-bond acceptors (Lipinski definition) is 2. The summed E-state index contributed by atoms with van der Waals surface area (Å²) in [5, 5.41) is 0. The molecule has 0 unspecified atom stereocenters. The molecule has 116 valence electrons. The molecule has 1 aliphatic rings. The molecule has 0 fully saturated rings. The van der Waals surface area contributed by atoms with E-state index < -0.39 is 0 Å². The van der Waals surface area contributed by atoms with Crippen LogP contribution in [0.1, 0.15) is 69.4 Å². The molecule has 2 rings (SSSR count). The van der Waals surface area contributed by atoms with Gasteiger partial charge < -0.3 is 4.74 Å². The molecular formula is C19H28O2. The Morgan fingerprint density at radius 2 is 1.57 bits per heavy atom. The second-order valence-electron chi connectivity index (χ2n) is 6.39. The SMILES string of the molecule is CCCCCCCCCC1(OC=O)Cc2ccccc2C1. The zero-order valence-electron chi connectivity index (χ0n) is 13.3. The molecule has 1 aromatic rings. The first kappa shape index (κ1) is 16.1. The van der Waals surface area contributed by atoms with Crippen LogP contribution in [0, 0.1) is 0 Å². The predicted molar refractivity (Wildman–Crippen MR) is 86.3 cm³/mol. The molecule has 0 radical (unpaired) electrons. The first-order valence-electron chi connectivity index (χ1n) is 8.48. The van der Waals surface area contributed by atoms with E-state index in [0.717, 1.165) is 25.7 Å². The van der Waals surface area contributed by atoms with Crippen LogP contribution in [0.3, 0.4) is 0 Å². The molecule has 0 heterocycles. The van der Waals surface area contributed by atoms with E-state index in [1.165, 1.54) is 49.7 Å². The maximum atomic E-state index is 10.9. The Morgan fingerprint density at radius 1 is 1.00 bits per heavy atom. The minimum Gasteiger partial charge on any atom is -0.461 e. The van der Waals surface area contributed by atoms with Crippen LogP contribution in [-0.4, -0.2) is 12.1 Å². The van der Waals surface area contributed by atoms with Gasteiger partial charge in [0.2, 0.25) is 0 Å². The zero-order chi connectivity index (χ0) is 15.0. The summed E-state index contributed by atoms with van der Waals surface area (Å²) in [6.07, 6.45) is 11.8. The second-order valence-corrected chi connectivity index (χ2v) is 6.39. The van der Waals surface area contributed by atoms with Crippen molar-refractivity contribution in [2.24, 2.45) is 0 Å². The Balaban J connectivity index is 1.77.